The van der Waals surface area contributed by atoms with Crippen molar-refractivity contribution in [2.24, 2.45) is 39.0 Å². The van der Waals surface area contributed by atoms with Crippen molar-refractivity contribution in [2.45, 2.75) is 58.0 Å². The highest BCUT2D eigenvalue weighted by atomic mass is 16.3. The van der Waals surface area contributed by atoms with E-state index >= 15 is 0 Å². The van der Waals surface area contributed by atoms with Crippen LogP contribution in [0.25, 0.3) is 0 Å². The van der Waals surface area contributed by atoms with Crippen LogP contribution in [-0.4, -0.2) is 29.8 Å². The van der Waals surface area contributed by atoms with Crippen LogP contribution in [0.1, 0.15) is 51.9 Å². The SMILES string of the molecule is C=C1C(=O)[C@]23CC[C@H]1CC2[C@@]12CCC[C@@](C)(C=NC1)C2C[C@H]3O. The molecule has 2 unspecified atom stereocenters. The summed E-state index contributed by atoms with van der Waals surface area (Å²) in [4.78, 5) is 18.0. The van der Waals surface area contributed by atoms with Gasteiger partial charge in [0.05, 0.1) is 11.5 Å². The van der Waals surface area contributed by atoms with Crippen molar-refractivity contribution in [3.05, 3.63) is 12.2 Å². The van der Waals surface area contributed by atoms with E-state index in [0.717, 1.165) is 37.8 Å². The number of hydrogen-bond acceptors (Lipinski definition) is 3. The summed E-state index contributed by atoms with van der Waals surface area (Å²) in [5, 5.41) is 11.2. The van der Waals surface area contributed by atoms with E-state index in [4.69, 9.17) is 4.99 Å². The van der Waals surface area contributed by atoms with Gasteiger partial charge in [-0.25, -0.2) is 0 Å². The van der Waals surface area contributed by atoms with E-state index < -0.39 is 11.5 Å². The van der Waals surface area contributed by atoms with Gasteiger partial charge in [0, 0.05) is 18.2 Å². The number of aliphatic hydroxyl groups is 1. The maximum Gasteiger partial charge on any atom is 0.167 e. The average Bonchev–Trinajstić information content (AvgIpc) is 2.52. The molecule has 6 aliphatic rings. The second-order valence-electron chi connectivity index (χ2n) is 9.29. The molecule has 0 aromatic carbocycles. The molecule has 0 saturated heterocycles. The lowest BCUT2D eigenvalue weighted by Crippen LogP contribution is -2.70. The van der Waals surface area contributed by atoms with Gasteiger partial charge in [0.25, 0.3) is 0 Å². The highest BCUT2D eigenvalue weighted by Crippen LogP contribution is 2.71. The van der Waals surface area contributed by atoms with Crippen molar-refractivity contribution < 1.29 is 9.90 Å². The van der Waals surface area contributed by atoms with Crippen molar-refractivity contribution in [1.29, 1.82) is 0 Å². The molecule has 0 amide bonds. The van der Waals surface area contributed by atoms with Gasteiger partial charge in [0.15, 0.2) is 5.78 Å². The third-order valence-electron chi connectivity index (χ3n) is 8.62. The van der Waals surface area contributed by atoms with Gasteiger partial charge in [-0.15, -0.1) is 0 Å². The third-order valence-corrected chi connectivity index (χ3v) is 8.62. The highest BCUT2D eigenvalue weighted by molar-refractivity contribution is 6.02. The molecule has 5 saturated carbocycles. The fraction of sp³-hybridized carbons (Fsp3) is 0.800. The van der Waals surface area contributed by atoms with Crippen LogP contribution < -0.4 is 0 Å². The first-order chi connectivity index (χ1) is 10.9. The number of carbonyl (C=O) groups is 1. The summed E-state index contributed by atoms with van der Waals surface area (Å²) in [5.74, 6) is 1.37. The van der Waals surface area contributed by atoms with E-state index in [-0.39, 0.29) is 16.6 Å². The molecule has 5 aliphatic carbocycles. The first-order valence-corrected chi connectivity index (χ1v) is 9.37. The van der Waals surface area contributed by atoms with Crippen LogP contribution in [-0.2, 0) is 4.79 Å². The molecule has 23 heavy (non-hydrogen) atoms. The zero-order valence-electron chi connectivity index (χ0n) is 14.1. The van der Waals surface area contributed by atoms with Gasteiger partial charge in [-0.2, -0.15) is 0 Å². The van der Waals surface area contributed by atoms with Gasteiger partial charge in [0.2, 0.25) is 0 Å². The van der Waals surface area contributed by atoms with Crippen LogP contribution in [0, 0.1) is 34.0 Å². The Kier molecular flexibility index (Phi) is 2.61. The monoisotopic (exact) mass is 313 g/mol. The minimum atomic E-state index is -0.534. The van der Waals surface area contributed by atoms with E-state index in [1.165, 1.54) is 19.3 Å². The van der Waals surface area contributed by atoms with Crippen LogP contribution in [0.5, 0.6) is 0 Å². The van der Waals surface area contributed by atoms with Crippen molar-refractivity contribution in [2.75, 3.05) is 6.54 Å². The number of nitrogens with zero attached hydrogens (tertiary/aromatic N) is 1. The van der Waals surface area contributed by atoms with Crippen molar-refractivity contribution in [1.82, 2.24) is 0 Å². The minimum absolute atomic E-state index is 0.121. The Labute approximate surface area is 138 Å². The predicted octanol–water partition coefficient (Wildman–Crippen LogP) is 3.17. The summed E-state index contributed by atoms with van der Waals surface area (Å²) in [5.41, 5.74) is 0.540. The summed E-state index contributed by atoms with van der Waals surface area (Å²) < 4.78 is 0. The standard InChI is InChI=1S/C20H27NO2/c1-12-13-4-7-20(17(12)23)15(8-13)19-6-3-5-18(2,10-21-11-19)14(19)9-16(20)22/h10,13-16,22H,1,3-9,11H2,2H3/t13-,14?,15?,16+,18-,19-,20+/m0/s1. The molecule has 5 fully saturated rings. The van der Waals surface area contributed by atoms with Gasteiger partial charge in [-0.05, 0) is 67.3 Å². The van der Waals surface area contributed by atoms with Crippen molar-refractivity contribution in [3.63, 3.8) is 0 Å². The maximum absolute atomic E-state index is 13.2. The van der Waals surface area contributed by atoms with Gasteiger partial charge in [-0.3, -0.25) is 9.79 Å². The first-order valence-electron chi connectivity index (χ1n) is 9.37. The Bertz CT molecular complexity index is 640. The van der Waals surface area contributed by atoms with Gasteiger partial charge in [-0.1, -0.05) is 19.9 Å². The number of aliphatic imine (C=N–C) groups is 1. The van der Waals surface area contributed by atoms with E-state index in [9.17, 15) is 9.90 Å². The lowest BCUT2D eigenvalue weighted by Gasteiger charge is -2.69. The Balaban J connectivity index is 1.70. The number of aliphatic hydroxyl groups excluding tert-OH is 1. The second kappa shape index (κ2) is 4.17. The summed E-state index contributed by atoms with van der Waals surface area (Å²) in [6.07, 6.45) is 9.06. The predicted molar refractivity (Wildman–Crippen MR) is 89.3 cm³/mol. The Morgan fingerprint density at radius 3 is 2.91 bits per heavy atom. The molecule has 1 spiro atoms. The van der Waals surface area contributed by atoms with Crippen LogP contribution in [0.4, 0.5) is 0 Å². The third kappa shape index (κ3) is 1.43. The molecule has 6 rings (SSSR count). The molecule has 0 aromatic heterocycles. The molecule has 0 aromatic rings. The fourth-order valence-corrected chi connectivity index (χ4v) is 7.61. The van der Waals surface area contributed by atoms with E-state index in [1.807, 2.05) is 0 Å². The normalized spacial score (nSPS) is 57.1. The highest BCUT2D eigenvalue weighted by Gasteiger charge is 2.71. The quantitative estimate of drug-likeness (QED) is 0.698. The molecular weight excluding hydrogens is 286 g/mol. The second-order valence-corrected chi connectivity index (χ2v) is 9.29. The van der Waals surface area contributed by atoms with Gasteiger partial charge < -0.3 is 5.11 Å². The number of allylic oxidation sites excluding steroid dienone is 1. The van der Waals surface area contributed by atoms with E-state index in [1.54, 1.807) is 0 Å². The molecule has 3 heteroatoms. The lowest BCUT2D eigenvalue weighted by molar-refractivity contribution is -0.211. The summed E-state index contributed by atoms with van der Waals surface area (Å²) in [6.45, 7) is 7.31. The molecular formula is C20H27NO2. The molecule has 124 valence electrons. The number of fused-ring (bicyclic) bond motifs is 2. The van der Waals surface area contributed by atoms with E-state index in [2.05, 4.69) is 19.7 Å². The zero-order valence-corrected chi connectivity index (χ0v) is 14.1. The Morgan fingerprint density at radius 1 is 1.26 bits per heavy atom. The molecule has 1 heterocycles. The van der Waals surface area contributed by atoms with Crippen LogP contribution in [0.15, 0.2) is 17.1 Å². The van der Waals surface area contributed by atoms with Crippen molar-refractivity contribution >= 4 is 12.0 Å². The topological polar surface area (TPSA) is 49.7 Å². The largest absolute Gasteiger partial charge is 0.392 e. The molecule has 0 radical (unpaired) electrons. The molecule has 1 N–H and O–H groups in total. The molecule has 1 aliphatic heterocycles. The van der Waals surface area contributed by atoms with Crippen LogP contribution >= 0.6 is 0 Å². The number of Topliss-reactive ketones (excluding diaryl/α,β-unsaturated/α-hetero) is 1. The average molecular weight is 313 g/mol. The minimum Gasteiger partial charge on any atom is -0.392 e. The Morgan fingerprint density at radius 2 is 2.09 bits per heavy atom. The number of carbonyl (C=O) groups excluding carboxylic acids is 1. The smallest absolute Gasteiger partial charge is 0.167 e. The number of ketones is 1. The Hall–Kier alpha value is -0.960. The van der Waals surface area contributed by atoms with Crippen molar-refractivity contribution in [3.8, 4) is 0 Å². The fourth-order valence-electron chi connectivity index (χ4n) is 7.61. The van der Waals surface area contributed by atoms with Crippen LogP contribution in [0.2, 0.25) is 0 Å². The lowest BCUT2D eigenvalue weighted by atomic mass is 9.35. The van der Waals surface area contributed by atoms with Gasteiger partial charge in [0.1, 0.15) is 0 Å². The summed E-state index contributed by atoms with van der Waals surface area (Å²) in [7, 11) is 0. The zero-order chi connectivity index (χ0) is 16.0. The summed E-state index contributed by atoms with van der Waals surface area (Å²) >= 11 is 0. The van der Waals surface area contributed by atoms with Gasteiger partial charge >= 0.3 is 0 Å². The van der Waals surface area contributed by atoms with E-state index in [0.29, 0.717) is 17.8 Å². The summed E-state index contributed by atoms with van der Waals surface area (Å²) in [6, 6.07) is 0. The molecule has 7 atom stereocenters. The molecule has 3 nitrogen and oxygen atoms in total. The molecule has 4 bridgehead atoms. The number of hydrogen-bond donors (Lipinski definition) is 1. The maximum atomic E-state index is 13.2. The first kappa shape index (κ1) is 14.4. The van der Waals surface area contributed by atoms with Crippen LogP contribution in [0.3, 0.4) is 0 Å². The number of rotatable bonds is 0.